The van der Waals surface area contributed by atoms with Gasteiger partial charge in [0.25, 0.3) is 5.91 Å². The Balaban J connectivity index is 1.58. The molecule has 0 unspecified atom stereocenters. The summed E-state index contributed by atoms with van der Waals surface area (Å²) in [5.74, 6) is 0.216. The Morgan fingerprint density at radius 2 is 1.92 bits per heavy atom. The second-order valence-electron chi connectivity index (χ2n) is 9.63. The molecule has 2 heterocycles. The molecule has 2 aromatic carbocycles. The van der Waals surface area contributed by atoms with Crippen molar-refractivity contribution in [1.29, 1.82) is 0 Å². The molecule has 0 bridgehead atoms. The van der Waals surface area contributed by atoms with Gasteiger partial charge in [0.2, 0.25) is 5.91 Å². The molecule has 2 aliphatic rings. The molecule has 2 aromatic rings. The van der Waals surface area contributed by atoms with Crippen LogP contribution in [0.15, 0.2) is 53.6 Å². The van der Waals surface area contributed by atoms with Gasteiger partial charge < -0.3 is 14.4 Å². The third-order valence-electron chi connectivity index (χ3n) is 6.75. The van der Waals surface area contributed by atoms with Gasteiger partial charge in [0, 0.05) is 49.1 Å². The van der Waals surface area contributed by atoms with Crippen molar-refractivity contribution in [3.05, 3.63) is 64.7 Å². The third kappa shape index (κ3) is 6.69. The Bertz CT molecular complexity index is 1130. The summed E-state index contributed by atoms with van der Waals surface area (Å²) in [6, 6.07) is 14.8. The smallest absolute Gasteiger partial charge is 0.262 e. The topological polar surface area (TPSA) is 74.7 Å². The lowest BCUT2D eigenvalue weighted by Gasteiger charge is -2.32. The number of ether oxygens (including phenoxy) is 2. The normalized spacial score (nSPS) is 18.1. The van der Waals surface area contributed by atoms with Gasteiger partial charge in [0.05, 0.1) is 32.1 Å². The van der Waals surface area contributed by atoms with Crippen molar-refractivity contribution in [3.8, 4) is 5.75 Å². The van der Waals surface area contributed by atoms with Gasteiger partial charge in [-0.15, -0.1) is 0 Å². The molecule has 2 aliphatic heterocycles. The first-order chi connectivity index (χ1) is 17.9. The number of hydrazone groups is 1. The lowest BCUT2D eigenvalue weighted by molar-refractivity contribution is -0.143. The number of morpholine rings is 1. The van der Waals surface area contributed by atoms with Gasteiger partial charge in [0.1, 0.15) is 12.3 Å². The average molecular weight is 527 g/mol. The first-order valence-corrected chi connectivity index (χ1v) is 13.1. The Morgan fingerprint density at radius 1 is 1.16 bits per heavy atom. The molecular formula is C28H35ClN4O4. The minimum Gasteiger partial charge on any atom is -0.497 e. The Kier molecular flexibility index (Phi) is 9.18. The molecule has 1 atom stereocenters. The Morgan fingerprint density at radius 3 is 2.62 bits per heavy atom. The van der Waals surface area contributed by atoms with Crippen LogP contribution in [0.2, 0.25) is 5.02 Å². The number of halogens is 1. The number of rotatable bonds is 9. The molecule has 1 fully saturated rings. The zero-order valence-corrected chi connectivity index (χ0v) is 22.5. The highest BCUT2D eigenvalue weighted by Gasteiger charge is 2.35. The lowest BCUT2D eigenvalue weighted by Crippen LogP contribution is -2.47. The largest absolute Gasteiger partial charge is 0.497 e. The van der Waals surface area contributed by atoms with Crippen LogP contribution in [0.5, 0.6) is 5.75 Å². The van der Waals surface area contributed by atoms with E-state index in [0.29, 0.717) is 37.7 Å². The predicted octanol–water partition coefficient (Wildman–Crippen LogP) is 3.84. The van der Waals surface area contributed by atoms with E-state index in [4.69, 9.17) is 26.2 Å². The van der Waals surface area contributed by atoms with Crippen molar-refractivity contribution in [2.75, 3.05) is 53.0 Å². The van der Waals surface area contributed by atoms with E-state index in [1.807, 2.05) is 62.4 Å². The lowest BCUT2D eigenvalue weighted by atomic mass is 9.98. The fourth-order valence-corrected chi connectivity index (χ4v) is 4.92. The molecule has 0 spiro atoms. The summed E-state index contributed by atoms with van der Waals surface area (Å²) in [5, 5.41) is 6.84. The minimum absolute atomic E-state index is 0.0444. The highest BCUT2D eigenvalue weighted by atomic mass is 35.5. The van der Waals surface area contributed by atoms with Crippen molar-refractivity contribution in [2.24, 2.45) is 11.0 Å². The zero-order valence-electron chi connectivity index (χ0n) is 21.7. The molecule has 0 aromatic heterocycles. The van der Waals surface area contributed by atoms with E-state index < -0.39 is 0 Å². The van der Waals surface area contributed by atoms with Crippen LogP contribution in [0.3, 0.4) is 0 Å². The van der Waals surface area contributed by atoms with Crippen LogP contribution in [0.1, 0.15) is 37.4 Å². The van der Waals surface area contributed by atoms with Crippen molar-refractivity contribution >= 4 is 29.1 Å². The van der Waals surface area contributed by atoms with E-state index in [2.05, 4.69) is 4.90 Å². The molecule has 9 heteroatoms. The summed E-state index contributed by atoms with van der Waals surface area (Å²) in [7, 11) is 1.62. The third-order valence-corrected chi connectivity index (χ3v) is 7.10. The number of carbonyl (C=O) groups is 2. The van der Waals surface area contributed by atoms with E-state index in [9.17, 15) is 9.59 Å². The van der Waals surface area contributed by atoms with Crippen LogP contribution in [0.4, 0.5) is 0 Å². The maximum absolute atomic E-state index is 13.8. The average Bonchev–Trinajstić information content (AvgIpc) is 3.37. The summed E-state index contributed by atoms with van der Waals surface area (Å²) >= 11 is 6.56. The fraction of sp³-hybridized carbons (Fsp3) is 0.464. The predicted molar refractivity (Wildman–Crippen MR) is 144 cm³/mol. The van der Waals surface area contributed by atoms with E-state index in [-0.39, 0.29) is 30.3 Å². The Hall–Kier alpha value is -2.94. The van der Waals surface area contributed by atoms with Gasteiger partial charge in [-0.3, -0.25) is 14.5 Å². The number of nitrogens with zero attached hydrogens (tertiary/aromatic N) is 4. The van der Waals surface area contributed by atoms with E-state index in [1.165, 1.54) is 5.01 Å². The number of methoxy groups -OCH3 is 1. The van der Waals surface area contributed by atoms with Crippen LogP contribution >= 0.6 is 11.6 Å². The van der Waals surface area contributed by atoms with Crippen LogP contribution in [0.25, 0.3) is 0 Å². The number of hydrogen-bond donors (Lipinski definition) is 0. The molecular weight excluding hydrogens is 492 g/mol. The summed E-state index contributed by atoms with van der Waals surface area (Å²) in [6.07, 6.45) is 0.508. The second-order valence-corrected chi connectivity index (χ2v) is 10.0. The number of hydrogen-bond acceptors (Lipinski definition) is 6. The summed E-state index contributed by atoms with van der Waals surface area (Å²) in [5.41, 5.74) is 2.48. The van der Waals surface area contributed by atoms with Gasteiger partial charge in [-0.05, 0) is 23.8 Å². The van der Waals surface area contributed by atoms with Gasteiger partial charge >= 0.3 is 0 Å². The Labute approximate surface area is 223 Å². The van der Waals surface area contributed by atoms with Crippen LogP contribution < -0.4 is 4.74 Å². The van der Waals surface area contributed by atoms with Crippen LogP contribution in [-0.4, -0.2) is 85.4 Å². The quantitative estimate of drug-likeness (QED) is 0.496. The number of amides is 2. The minimum atomic E-state index is -0.363. The highest BCUT2D eigenvalue weighted by molar-refractivity contribution is 6.31. The van der Waals surface area contributed by atoms with Crippen molar-refractivity contribution in [2.45, 2.75) is 26.3 Å². The summed E-state index contributed by atoms with van der Waals surface area (Å²) in [6.45, 7) is 7.86. The van der Waals surface area contributed by atoms with Gasteiger partial charge in [0.15, 0.2) is 0 Å². The molecule has 1 saturated heterocycles. The molecule has 2 amide bonds. The SMILES string of the molecule is COc1cccc(C2=NN(C(=O)CN(CCN3CCOCC3)C(=O)C(C)C)[C@H](c3ccccc3Cl)C2)c1. The van der Waals surface area contributed by atoms with Crippen LogP contribution in [-0.2, 0) is 14.3 Å². The first-order valence-electron chi connectivity index (χ1n) is 12.7. The molecule has 0 N–H and O–H groups in total. The van der Waals surface area contributed by atoms with Crippen molar-refractivity contribution in [1.82, 2.24) is 14.8 Å². The molecule has 0 saturated carbocycles. The summed E-state index contributed by atoms with van der Waals surface area (Å²) in [4.78, 5) is 30.7. The molecule has 8 nitrogen and oxygen atoms in total. The molecule has 0 aliphatic carbocycles. The zero-order chi connectivity index (χ0) is 26.4. The molecule has 4 rings (SSSR count). The van der Waals surface area contributed by atoms with Crippen LogP contribution in [0, 0.1) is 5.92 Å². The van der Waals surface area contributed by atoms with Gasteiger partial charge in [-0.2, -0.15) is 5.10 Å². The first kappa shape index (κ1) is 27.1. The van der Waals surface area contributed by atoms with Crippen molar-refractivity contribution in [3.63, 3.8) is 0 Å². The standard InChI is InChI=1S/C28H35ClN4O4/c1-20(2)28(35)32(12-11-31-13-15-37-16-14-31)19-27(34)33-26(23-9-4-5-10-24(23)29)18-25(30-33)21-7-6-8-22(17-21)36-3/h4-10,17,20,26H,11-16,18-19H2,1-3H3/t26-/m0/s1. The monoisotopic (exact) mass is 526 g/mol. The maximum atomic E-state index is 13.8. The van der Waals surface area contributed by atoms with E-state index in [1.54, 1.807) is 12.0 Å². The van der Waals surface area contributed by atoms with E-state index >= 15 is 0 Å². The van der Waals surface area contributed by atoms with Crippen molar-refractivity contribution < 1.29 is 19.1 Å². The fourth-order valence-electron chi connectivity index (χ4n) is 4.66. The number of benzene rings is 2. The molecule has 198 valence electrons. The molecule has 0 radical (unpaired) electrons. The van der Waals surface area contributed by atoms with E-state index in [0.717, 1.165) is 35.7 Å². The summed E-state index contributed by atoms with van der Waals surface area (Å²) < 4.78 is 10.8. The van der Waals surface area contributed by atoms with Gasteiger partial charge in [-0.25, -0.2) is 5.01 Å². The maximum Gasteiger partial charge on any atom is 0.262 e. The highest BCUT2D eigenvalue weighted by Crippen LogP contribution is 2.36. The number of carbonyl (C=O) groups excluding carboxylic acids is 2. The second kappa shape index (κ2) is 12.5. The molecule has 37 heavy (non-hydrogen) atoms. The van der Waals surface area contributed by atoms with Gasteiger partial charge in [-0.1, -0.05) is 55.8 Å².